The molecule has 28 heavy (non-hydrogen) atoms. The quantitative estimate of drug-likeness (QED) is 0.787. The van der Waals surface area contributed by atoms with Crippen molar-refractivity contribution in [2.45, 2.75) is 38.6 Å². The van der Waals surface area contributed by atoms with Crippen molar-refractivity contribution in [2.24, 2.45) is 0 Å². The third-order valence-electron chi connectivity index (χ3n) is 4.86. The number of nitrogens with one attached hydrogen (secondary N) is 1. The van der Waals surface area contributed by atoms with Gasteiger partial charge in [0.15, 0.2) is 11.6 Å². The summed E-state index contributed by atoms with van der Waals surface area (Å²) in [7, 11) is 1.42. The first-order valence-electron chi connectivity index (χ1n) is 9.54. The Morgan fingerprint density at radius 2 is 2.04 bits per heavy atom. The van der Waals surface area contributed by atoms with Crippen molar-refractivity contribution in [2.75, 3.05) is 19.0 Å². The molecule has 1 heterocycles. The molecular formula is C22H25FN2O3. The van der Waals surface area contributed by atoms with Gasteiger partial charge in [-0.05, 0) is 54.7 Å². The van der Waals surface area contributed by atoms with Crippen LogP contribution in [0.15, 0.2) is 42.5 Å². The molecule has 148 valence electrons. The molecule has 1 aliphatic heterocycles. The molecule has 1 saturated heterocycles. The van der Waals surface area contributed by atoms with E-state index in [-0.39, 0.29) is 24.0 Å². The van der Waals surface area contributed by atoms with Gasteiger partial charge in [0.2, 0.25) is 11.8 Å². The highest BCUT2D eigenvalue weighted by atomic mass is 19.1. The van der Waals surface area contributed by atoms with Crippen LogP contribution in [0.1, 0.15) is 36.8 Å². The number of halogens is 1. The second-order valence-corrected chi connectivity index (χ2v) is 6.99. The van der Waals surface area contributed by atoms with Crippen LogP contribution in [0.2, 0.25) is 0 Å². The highest BCUT2D eigenvalue weighted by Crippen LogP contribution is 2.20. The van der Waals surface area contributed by atoms with Crippen LogP contribution in [0.5, 0.6) is 5.75 Å². The summed E-state index contributed by atoms with van der Waals surface area (Å²) in [5.41, 5.74) is 2.43. The lowest BCUT2D eigenvalue weighted by Gasteiger charge is -2.26. The van der Waals surface area contributed by atoms with Gasteiger partial charge in [0, 0.05) is 31.6 Å². The van der Waals surface area contributed by atoms with Crippen LogP contribution in [-0.4, -0.2) is 30.4 Å². The van der Waals surface area contributed by atoms with E-state index in [1.807, 2.05) is 29.2 Å². The van der Waals surface area contributed by atoms with Gasteiger partial charge in [-0.25, -0.2) is 4.39 Å². The largest absolute Gasteiger partial charge is 0.494 e. The molecule has 2 aromatic carbocycles. The van der Waals surface area contributed by atoms with Crippen LogP contribution in [0.25, 0.3) is 0 Å². The van der Waals surface area contributed by atoms with Gasteiger partial charge in [0.05, 0.1) is 7.11 Å². The van der Waals surface area contributed by atoms with Crippen molar-refractivity contribution in [3.8, 4) is 5.75 Å². The predicted octanol–water partition coefficient (Wildman–Crippen LogP) is 3.92. The van der Waals surface area contributed by atoms with Crippen molar-refractivity contribution in [3.63, 3.8) is 0 Å². The Bertz CT molecular complexity index is 853. The van der Waals surface area contributed by atoms with Gasteiger partial charge >= 0.3 is 0 Å². The fourth-order valence-corrected chi connectivity index (χ4v) is 3.34. The average molecular weight is 384 g/mol. The Balaban J connectivity index is 1.54. The molecule has 2 amide bonds. The molecule has 5 nitrogen and oxygen atoms in total. The van der Waals surface area contributed by atoms with Crippen LogP contribution < -0.4 is 10.1 Å². The maximum Gasteiger partial charge on any atom is 0.224 e. The molecule has 0 atom stereocenters. The molecule has 0 spiro atoms. The summed E-state index contributed by atoms with van der Waals surface area (Å²) < 4.78 is 18.6. The number of benzene rings is 2. The maximum absolute atomic E-state index is 13.7. The first-order chi connectivity index (χ1) is 13.5. The van der Waals surface area contributed by atoms with Crippen molar-refractivity contribution in [1.82, 2.24) is 4.90 Å². The van der Waals surface area contributed by atoms with Crippen molar-refractivity contribution >= 4 is 17.5 Å². The third-order valence-corrected chi connectivity index (χ3v) is 4.86. The Labute approximate surface area is 164 Å². The minimum Gasteiger partial charge on any atom is -0.494 e. The van der Waals surface area contributed by atoms with Crippen LogP contribution in [0.3, 0.4) is 0 Å². The third kappa shape index (κ3) is 5.31. The number of amides is 2. The molecule has 1 fully saturated rings. The number of piperidine rings is 1. The molecule has 1 N–H and O–H groups in total. The fraction of sp³-hybridized carbons (Fsp3) is 0.364. The molecule has 1 aliphatic rings. The van der Waals surface area contributed by atoms with Crippen LogP contribution in [0, 0.1) is 5.82 Å². The van der Waals surface area contributed by atoms with E-state index in [1.54, 1.807) is 12.1 Å². The topological polar surface area (TPSA) is 58.6 Å². The van der Waals surface area contributed by atoms with E-state index in [9.17, 15) is 14.0 Å². The molecule has 0 bridgehead atoms. The van der Waals surface area contributed by atoms with Gasteiger partial charge in [-0.2, -0.15) is 0 Å². The number of ether oxygens (including phenoxy) is 1. The maximum atomic E-state index is 13.7. The summed E-state index contributed by atoms with van der Waals surface area (Å²) >= 11 is 0. The smallest absolute Gasteiger partial charge is 0.224 e. The van der Waals surface area contributed by atoms with Crippen LogP contribution in [-0.2, 0) is 22.6 Å². The molecule has 3 rings (SSSR count). The van der Waals surface area contributed by atoms with Gasteiger partial charge in [-0.3, -0.25) is 9.59 Å². The SMILES string of the molecule is COc1ccc(CCC(=O)Nc2cccc(CN3CCCCC3=O)c2)cc1F. The number of hydrogen-bond donors (Lipinski definition) is 1. The van der Waals surface area contributed by atoms with E-state index in [1.165, 1.54) is 13.2 Å². The zero-order valence-corrected chi connectivity index (χ0v) is 16.0. The summed E-state index contributed by atoms with van der Waals surface area (Å²) in [5.74, 6) is -0.188. The van der Waals surface area contributed by atoms with Gasteiger partial charge in [-0.1, -0.05) is 18.2 Å². The number of carbonyl (C=O) groups excluding carboxylic acids is 2. The lowest BCUT2D eigenvalue weighted by Crippen LogP contribution is -2.34. The number of carbonyl (C=O) groups is 2. The zero-order valence-electron chi connectivity index (χ0n) is 16.0. The van der Waals surface area contributed by atoms with E-state index >= 15 is 0 Å². The first-order valence-corrected chi connectivity index (χ1v) is 9.54. The zero-order chi connectivity index (χ0) is 19.9. The van der Waals surface area contributed by atoms with Crippen molar-refractivity contribution in [1.29, 1.82) is 0 Å². The summed E-state index contributed by atoms with van der Waals surface area (Å²) in [6.07, 6.45) is 3.30. The molecule has 0 radical (unpaired) electrons. The highest BCUT2D eigenvalue weighted by molar-refractivity contribution is 5.90. The molecule has 6 heteroatoms. The number of anilines is 1. The van der Waals surface area contributed by atoms with E-state index in [0.29, 0.717) is 25.1 Å². The fourth-order valence-electron chi connectivity index (χ4n) is 3.34. The number of nitrogens with zero attached hydrogens (tertiary/aromatic N) is 1. The summed E-state index contributed by atoms with van der Waals surface area (Å²) in [5, 5.41) is 2.88. The normalized spacial score (nSPS) is 14.1. The van der Waals surface area contributed by atoms with Crippen molar-refractivity contribution < 1.29 is 18.7 Å². The lowest BCUT2D eigenvalue weighted by atomic mass is 10.1. The van der Waals surface area contributed by atoms with E-state index < -0.39 is 5.82 Å². The second kappa shape index (κ2) is 9.35. The standard InChI is InChI=1S/C22H25FN2O3/c1-28-20-10-8-16(14-19(20)23)9-11-21(26)24-18-6-4-5-17(13-18)15-25-12-3-2-7-22(25)27/h4-6,8,10,13-14H,2-3,7,9,11-12,15H2,1H3,(H,24,26). The van der Waals surface area contributed by atoms with Gasteiger partial charge in [0.1, 0.15) is 0 Å². The molecule has 0 aliphatic carbocycles. The number of aryl methyl sites for hydroxylation is 1. The van der Waals surface area contributed by atoms with E-state index in [4.69, 9.17) is 4.74 Å². The van der Waals surface area contributed by atoms with E-state index in [0.717, 1.165) is 30.5 Å². The molecule has 0 saturated carbocycles. The molecular weight excluding hydrogens is 359 g/mol. The minimum absolute atomic E-state index is 0.137. The number of methoxy groups -OCH3 is 1. The molecule has 0 unspecified atom stereocenters. The van der Waals surface area contributed by atoms with Crippen LogP contribution >= 0.6 is 0 Å². The number of rotatable bonds is 7. The summed E-state index contributed by atoms with van der Waals surface area (Å²) in [6.45, 7) is 1.35. The van der Waals surface area contributed by atoms with Gasteiger partial charge in [-0.15, -0.1) is 0 Å². The van der Waals surface area contributed by atoms with Gasteiger partial charge in [0.25, 0.3) is 0 Å². The van der Waals surface area contributed by atoms with Gasteiger partial charge < -0.3 is 15.0 Å². The Morgan fingerprint density at radius 1 is 1.18 bits per heavy atom. The summed E-state index contributed by atoms with van der Waals surface area (Å²) in [4.78, 5) is 26.1. The van der Waals surface area contributed by atoms with Crippen LogP contribution in [0.4, 0.5) is 10.1 Å². The Kier molecular flexibility index (Phi) is 6.63. The Hall–Kier alpha value is -2.89. The second-order valence-electron chi connectivity index (χ2n) is 6.99. The molecule has 0 aromatic heterocycles. The monoisotopic (exact) mass is 384 g/mol. The molecule has 2 aromatic rings. The number of likely N-dealkylation sites (tertiary alicyclic amines) is 1. The lowest BCUT2D eigenvalue weighted by molar-refractivity contribution is -0.133. The highest BCUT2D eigenvalue weighted by Gasteiger charge is 2.18. The Morgan fingerprint density at radius 3 is 2.79 bits per heavy atom. The average Bonchev–Trinajstić information content (AvgIpc) is 2.68. The predicted molar refractivity (Wildman–Crippen MR) is 106 cm³/mol. The minimum atomic E-state index is -0.430. The number of hydrogen-bond acceptors (Lipinski definition) is 3. The van der Waals surface area contributed by atoms with Crippen molar-refractivity contribution in [3.05, 3.63) is 59.4 Å². The van der Waals surface area contributed by atoms with E-state index in [2.05, 4.69) is 5.32 Å². The first kappa shape index (κ1) is 19.9. The summed E-state index contributed by atoms with van der Waals surface area (Å²) in [6, 6.07) is 12.3.